The van der Waals surface area contributed by atoms with Gasteiger partial charge in [0.2, 0.25) is 5.13 Å². The van der Waals surface area contributed by atoms with Gasteiger partial charge in [0.25, 0.3) is 5.92 Å². The molecule has 1 rings (SSSR count). The zero-order valence-electron chi connectivity index (χ0n) is 3.93. The zero-order valence-corrected chi connectivity index (χ0v) is 4.68. The quantitative estimate of drug-likeness (QED) is 0.458. The maximum absolute atomic E-state index is 12.0. The second kappa shape index (κ2) is 1.32. The highest BCUT2D eigenvalue weighted by Crippen LogP contribution is 2.52. The van der Waals surface area contributed by atoms with Crippen LogP contribution in [0.25, 0.3) is 0 Å². The van der Waals surface area contributed by atoms with Gasteiger partial charge < -0.3 is 0 Å². The molecule has 1 fully saturated rings. The summed E-state index contributed by atoms with van der Waals surface area (Å²) in [6.45, 7) is 0. The van der Waals surface area contributed by atoms with Crippen LogP contribution in [0.5, 0.6) is 0 Å². The van der Waals surface area contributed by atoms with Crippen LogP contribution in [0.3, 0.4) is 0 Å². The van der Waals surface area contributed by atoms with Crippen molar-refractivity contribution in [2.75, 3.05) is 0 Å². The second-order valence-electron chi connectivity index (χ2n) is 1.91. The van der Waals surface area contributed by atoms with Crippen molar-refractivity contribution in [1.29, 1.82) is 0 Å². The molecule has 0 aromatic rings. The average molecular weight is 145 g/mol. The largest absolute Gasteiger partial charge is 0.295 e. The maximum atomic E-state index is 12.0. The molecule has 4 heteroatoms. The number of hydrogen-bond acceptors (Lipinski definition) is 0. The molecule has 1 saturated carbocycles. The Morgan fingerprint density at radius 2 is 1.50 bits per heavy atom. The molecular weight excluding hydrogens is 140 g/mol. The van der Waals surface area contributed by atoms with E-state index in [2.05, 4.69) is 11.6 Å². The fraction of sp³-hybridized carbons (Fsp3) is 1.00. The van der Waals surface area contributed by atoms with Gasteiger partial charge in [-0.25, -0.2) is 13.2 Å². The Hall–Kier alpha value is 0.0800. The van der Waals surface area contributed by atoms with Crippen LogP contribution in [0.15, 0.2) is 0 Å². The first-order valence-corrected chi connectivity index (χ1v) is 2.59. The Bertz CT molecular complexity index is 95.9. The van der Waals surface area contributed by atoms with Gasteiger partial charge in [-0.15, -0.1) is 0 Å². The van der Waals surface area contributed by atoms with Crippen LogP contribution in [-0.2, 0) is 0 Å². The molecule has 0 heterocycles. The summed E-state index contributed by atoms with van der Waals surface area (Å²) in [6.07, 6.45) is -0.658. The van der Waals surface area contributed by atoms with Gasteiger partial charge in [0.05, 0.1) is 0 Å². The van der Waals surface area contributed by atoms with E-state index in [4.69, 9.17) is 0 Å². The van der Waals surface area contributed by atoms with Gasteiger partial charge in [-0.05, 0) is 0 Å². The van der Waals surface area contributed by atoms with Crippen molar-refractivity contribution in [3.05, 3.63) is 0 Å². The van der Waals surface area contributed by atoms with Crippen molar-refractivity contribution in [1.82, 2.24) is 0 Å². The molecule has 48 valence electrons. The molecule has 0 bridgehead atoms. The summed E-state index contributed by atoms with van der Waals surface area (Å²) in [5.74, 6) is -3.28. The molecule has 0 amide bonds. The van der Waals surface area contributed by atoms with E-state index in [1.54, 1.807) is 0 Å². The van der Waals surface area contributed by atoms with E-state index in [1.807, 2.05) is 0 Å². The topological polar surface area (TPSA) is 0 Å². The zero-order chi connectivity index (χ0) is 6.41. The van der Waals surface area contributed by atoms with E-state index in [0.717, 1.165) is 0 Å². The minimum absolute atomic E-state index is 0.235. The summed E-state index contributed by atoms with van der Waals surface area (Å²) in [6, 6.07) is 0. The lowest BCUT2D eigenvalue weighted by Crippen LogP contribution is -2.49. The summed E-state index contributed by atoms with van der Waals surface area (Å²) in [5, 5.41) is -2.74. The Morgan fingerprint density at radius 3 is 1.50 bits per heavy atom. The molecular formula is C4H4ClF3. The predicted molar refractivity (Wildman–Crippen MR) is 23.9 cm³/mol. The fourth-order valence-electron chi connectivity index (χ4n) is 0.503. The van der Waals surface area contributed by atoms with Crippen molar-refractivity contribution in [3.63, 3.8) is 0 Å². The Labute approximate surface area is 49.6 Å². The maximum Gasteiger partial charge on any atom is 0.295 e. The molecule has 0 N–H and O–H groups in total. The fourth-order valence-corrected chi connectivity index (χ4v) is 0.692. The molecule has 8 heavy (non-hydrogen) atoms. The minimum Gasteiger partial charge on any atom is -0.220 e. The molecule has 0 spiro atoms. The highest BCUT2D eigenvalue weighted by molar-refractivity contribution is 6.24. The van der Waals surface area contributed by atoms with Gasteiger partial charge in [-0.1, -0.05) is 11.6 Å². The van der Waals surface area contributed by atoms with Crippen LogP contribution in [0, 0.1) is 0 Å². The first kappa shape index (κ1) is 6.20. The van der Waals surface area contributed by atoms with Gasteiger partial charge in [0.15, 0.2) is 0 Å². The van der Waals surface area contributed by atoms with Crippen molar-refractivity contribution in [2.45, 2.75) is 23.9 Å². The molecule has 0 aromatic heterocycles. The third kappa shape index (κ3) is 0.607. The summed E-state index contributed by atoms with van der Waals surface area (Å²) in [5.41, 5.74) is 0. The molecule has 0 aliphatic heterocycles. The van der Waals surface area contributed by atoms with Crippen LogP contribution < -0.4 is 0 Å². The number of alkyl halides is 4. The van der Waals surface area contributed by atoms with Crippen molar-refractivity contribution in [2.24, 2.45) is 0 Å². The van der Waals surface area contributed by atoms with Crippen LogP contribution >= 0.6 is 11.6 Å². The highest BCUT2D eigenvalue weighted by atomic mass is 35.5. The summed E-state index contributed by atoms with van der Waals surface area (Å²) < 4.78 is 35.6. The van der Waals surface area contributed by atoms with Gasteiger partial charge in [-0.3, -0.25) is 0 Å². The first-order chi connectivity index (χ1) is 3.46. The van der Waals surface area contributed by atoms with Crippen molar-refractivity contribution >= 4 is 11.6 Å². The third-order valence-corrected chi connectivity index (χ3v) is 1.75. The van der Waals surface area contributed by atoms with E-state index in [0.29, 0.717) is 0 Å². The standard InChI is InChI=1S/C4H4ClF3/c5-3(6)1-2-4(3,7)8/h1-2H2/t3-/m1/s1. The van der Waals surface area contributed by atoms with Crippen LogP contribution in [0.1, 0.15) is 12.8 Å². The summed E-state index contributed by atoms with van der Waals surface area (Å²) in [7, 11) is 0. The van der Waals surface area contributed by atoms with Crippen molar-refractivity contribution < 1.29 is 13.2 Å². The van der Waals surface area contributed by atoms with E-state index in [9.17, 15) is 13.2 Å². The van der Waals surface area contributed by atoms with Gasteiger partial charge in [0.1, 0.15) is 0 Å². The average Bonchev–Trinajstić information content (AvgIpc) is 1.64. The van der Waals surface area contributed by atoms with E-state index in [1.165, 1.54) is 0 Å². The number of rotatable bonds is 0. The SMILES string of the molecule is FC1(F)CC[C@]1(F)Cl. The second-order valence-corrected chi connectivity index (χ2v) is 2.51. The third-order valence-electron chi connectivity index (χ3n) is 1.29. The van der Waals surface area contributed by atoms with Crippen LogP contribution in [0.2, 0.25) is 0 Å². The summed E-state index contributed by atoms with van der Waals surface area (Å²) >= 11 is 4.68. The lowest BCUT2D eigenvalue weighted by atomic mass is 9.92. The first-order valence-electron chi connectivity index (χ1n) is 2.21. The van der Waals surface area contributed by atoms with E-state index in [-0.39, 0.29) is 6.42 Å². The normalized spacial score (nSPS) is 43.5. The minimum atomic E-state index is -3.28. The van der Waals surface area contributed by atoms with Gasteiger partial charge in [-0.2, -0.15) is 0 Å². The lowest BCUT2D eigenvalue weighted by molar-refractivity contribution is -0.166. The highest BCUT2D eigenvalue weighted by Gasteiger charge is 2.62. The molecule has 1 aliphatic rings. The molecule has 0 radical (unpaired) electrons. The van der Waals surface area contributed by atoms with E-state index >= 15 is 0 Å². The van der Waals surface area contributed by atoms with Crippen LogP contribution in [-0.4, -0.2) is 11.1 Å². The lowest BCUT2D eigenvalue weighted by Gasteiger charge is -2.37. The molecule has 0 saturated heterocycles. The molecule has 0 aromatic carbocycles. The van der Waals surface area contributed by atoms with Crippen LogP contribution in [0.4, 0.5) is 13.2 Å². The number of halogens is 4. The van der Waals surface area contributed by atoms with Gasteiger partial charge in [0, 0.05) is 12.8 Å². The predicted octanol–water partition coefficient (Wildman–Crippen LogP) is 2.32. The van der Waals surface area contributed by atoms with Gasteiger partial charge >= 0.3 is 0 Å². The number of hydrogen-bond donors (Lipinski definition) is 0. The Balaban J connectivity index is 2.63. The van der Waals surface area contributed by atoms with Crippen molar-refractivity contribution in [3.8, 4) is 0 Å². The van der Waals surface area contributed by atoms with E-state index < -0.39 is 17.5 Å². The Kier molecular flexibility index (Phi) is 1.02. The molecule has 0 nitrogen and oxygen atoms in total. The molecule has 1 aliphatic carbocycles. The summed E-state index contributed by atoms with van der Waals surface area (Å²) in [4.78, 5) is 0. The molecule has 1 atom stereocenters. The monoisotopic (exact) mass is 144 g/mol. The molecule has 0 unspecified atom stereocenters. The smallest absolute Gasteiger partial charge is 0.220 e. The Morgan fingerprint density at radius 1 is 1.12 bits per heavy atom.